The number of hydrogen-bond donors (Lipinski definition) is 2. The van der Waals surface area contributed by atoms with Gasteiger partial charge in [-0.3, -0.25) is 4.99 Å². The Morgan fingerprint density at radius 2 is 1.83 bits per heavy atom. The summed E-state index contributed by atoms with van der Waals surface area (Å²) in [6, 6.07) is 11.9. The summed E-state index contributed by atoms with van der Waals surface area (Å²) >= 11 is 0. The normalized spacial score (nSPS) is 15.8. The van der Waals surface area contributed by atoms with E-state index in [0.29, 0.717) is 38.7 Å². The summed E-state index contributed by atoms with van der Waals surface area (Å²) < 4.78 is 39.8. The van der Waals surface area contributed by atoms with Crippen molar-refractivity contribution >= 4 is 21.8 Å². The second-order valence-corrected chi connectivity index (χ2v) is 8.96. The molecule has 2 N–H and O–H groups in total. The van der Waals surface area contributed by atoms with E-state index in [1.165, 1.54) is 16.4 Å². The lowest BCUT2D eigenvalue weighted by atomic mass is 10.2. The number of sulfonamides is 1. The lowest BCUT2D eigenvalue weighted by Gasteiger charge is -2.34. The molecule has 1 aliphatic heterocycles. The Balaban J connectivity index is 1.42. The highest BCUT2D eigenvalue weighted by Gasteiger charge is 2.27. The molecule has 162 valence electrons. The van der Waals surface area contributed by atoms with Crippen LogP contribution < -0.4 is 15.5 Å². The second kappa shape index (κ2) is 10.4. The van der Waals surface area contributed by atoms with Crippen LogP contribution in [-0.2, 0) is 16.6 Å². The van der Waals surface area contributed by atoms with E-state index in [1.54, 1.807) is 25.4 Å². The van der Waals surface area contributed by atoms with Gasteiger partial charge in [0.25, 0.3) is 0 Å². The first-order chi connectivity index (χ1) is 14.5. The molecule has 0 unspecified atom stereocenters. The van der Waals surface area contributed by atoms with Gasteiger partial charge in [-0.2, -0.15) is 4.31 Å². The average Bonchev–Trinajstić information content (AvgIpc) is 2.78. The van der Waals surface area contributed by atoms with Gasteiger partial charge in [-0.15, -0.1) is 0 Å². The van der Waals surface area contributed by atoms with Crippen LogP contribution in [0.2, 0.25) is 0 Å². The van der Waals surface area contributed by atoms with Gasteiger partial charge in [0.15, 0.2) is 5.96 Å². The Kier molecular flexibility index (Phi) is 7.58. The minimum absolute atomic E-state index is 0.0200. The average molecular weight is 435 g/mol. The van der Waals surface area contributed by atoms with Crippen LogP contribution in [0.25, 0.3) is 0 Å². The third kappa shape index (κ3) is 6.14. The molecule has 0 bridgehead atoms. The minimum atomic E-state index is -3.37. The van der Waals surface area contributed by atoms with Crippen LogP contribution >= 0.6 is 0 Å². The van der Waals surface area contributed by atoms with Gasteiger partial charge in [0.1, 0.15) is 11.6 Å². The van der Waals surface area contributed by atoms with Crippen molar-refractivity contribution in [3.63, 3.8) is 0 Å². The number of rotatable bonds is 7. The molecule has 0 radical (unpaired) electrons. The molecule has 2 heterocycles. The third-order valence-corrected chi connectivity index (χ3v) is 6.73. The van der Waals surface area contributed by atoms with E-state index in [-0.39, 0.29) is 18.1 Å². The molecular weight excluding hydrogens is 407 g/mol. The molecule has 0 saturated carbocycles. The van der Waals surface area contributed by atoms with Crippen molar-refractivity contribution in [2.45, 2.75) is 6.54 Å². The number of pyridine rings is 1. The van der Waals surface area contributed by atoms with E-state index in [0.717, 1.165) is 11.4 Å². The van der Waals surface area contributed by atoms with Crippen molar-refractivity contribution in [2.24, 2.45) is 4.99 Å². The zero-order valence-electron chi connectivity index (χ0n) is 17.0. The van der Waals surface area contributed by atoms with E-state index in [1.807, 2.05) is 18.2 Å². The number of hydrogen-bond acceptors (Lipinski definition) is 5. The zero-order valence-corrected chi connectivity index (χ0v) is 17.8. The maximum atomic E-state index is 13.0. The van der Waals surface area contributed by atoms with Gasteiger partial charge in [0.2, 0.25) is 10.0 Å². The van der Waals surface area contributed by atoms with Crippen LogP contribution in [0.1, 0.15) is 5.56 Å². The molecule has 3 rings (SSSR count). The summed E-state index contributed by atoms with van der Waals surface area (Å²) in [5.74, 6) is 1.06. The highest BCUT2D eigenvalue weighted by atomic mass is 32.2. The highest BCUT2D eigenvalue weighted by molar-refractivity contribution is 7.89. The van der Waals surface area contributed by atoms with Gasteiger partial charge < -0.3 is 15.5 Å². The smallest absolute Gasteiger partial charge is 0.215 e. The predicted octanol–water partition coefficient (Wildman–Crippen LogP) is 1.04. The lowest BCUT2D eigenvalue weighted by Crippen LogP contribution is -2.50. The number of anilines is 1. The fraction of sp³-hybridized carbons (Fsp3) is 0.400. The Morgan fingerprint density at radius 3 is 2.47 bits per heavy atom. The standard InChI is InChI=1S/C20H27FN6O2S/c1-22-20(25-16-17-5-7-18(21)8-6-17)24-10-15-30(28,29)27-13-11-26(12-14-27)19-4-2-3-9-23-19/h2-9H,10-16H2,1H3,(H2,22,24,25). The number of aromatic nitrogens is 1. The number of benzene rings is 1. The van der Waals surface area contributed by atoms with E-state index >= 15 is 0 Å². The van der Waals surface area contributed by atoms with Crippen molar-refractivity contribution < 1.29 is 12.8 Å². The van der Waals surface area contributed by atoms with Crippen LogP contribution in [0.15, 0.2) is 53.7 Å². The van der Waals surface area contributed by atoms with Crippen LogP contribution in [-0.4, -0.2) is 69.2 Å². The van der Waals surface area contributed by atoms with Crippen LogP contribution in [0.5, 0.6) is 0 Å². The fourth-order valence-corrected chi connectivity index (χ4v) is 4.51. The Labute approximate surface area is 176 Å². The second-order valence-electron chi connectivity index (χ2n) is 6.87. The van der Waals surface area contributed by atoms with Crippen LogP contribution in [0.3, 0.4) is 0 Å². The Hall–Kier alpha value is -2.72. The molecule has 0 atom stereocenters. The van der Waals surface area contributed by atoms with Crippen LogP contribution in [0, 0.1) is 5.82 Å². The van der Waals surface area contributed by atoms with E-state index in [2.05, 4.69) is 25.5 Å². The molecule has 1 saturated heterocycles. The fourth-order valence-electron chi connectivity index (χ4n) is 3.17. The molecule has 0 aliphatic carbocycles. The minimum Gasteiger partial charge on any atom is -0.355 e. The molecule has 1 aliphatic rings. The SMILES string of the molecule is CN=C(NCCS(=O)(=O)N1CCN(c2ccccn2)CC1)NCc1ccc(F)cc1. The van der Waals surface area contributed by atoms with Gasteiger partial charge in [0, 0.05) is 52.5 Å². The number of aliphatic imine (C=N–C) groups is 1. The molecule has 1 aromatic carbocycles. The third-order valence-electron chi connectivity index (χ3n) is 4.85. The van der Waals surface area contributed by atoms with Crippen molar-refractivity contribution in [1.82, 2.24) is 19.9 Å². The summed E-state index contributed by atoms with van der Waals surface area (Å²) in [4.78, 5) is 10.5. The summed E-state index contributed by atoms with van der Waals surface area (Å²) in [5, 5.41) is 6.11. The molecular formula is C20H27FN6O2S. The first-order valence-electron chi connectivity index (χ1n) is 9.81. The Bertz CT molecular complexity index is 930. The molecule has 0 spiro atoms. The summed E-state index contributed by atoms with van der Waals surface area (Å²) in [7, 11) is -1.75. The van der Waals surface area contributed by atoms with Crippen molar-refractivity contribution in [2.75, 3.05) is 50.4 Å². The number of halogens is 1. The number of nitrogens with zero attached hydrogens (tertiary/aromatic N) is 4. The van der Waals surface area contributed by atoms with Crippen LogP contribution in [0.4, 0.5) is 10.2 Å². The molecule has 2 aromatic rings. The predicted molar refractivity (Wildman–Crippen MR) is 116 cm³/mol. The summed E-state index contributed by atoms with van der Waals surface area (Å²) in [6.07, 6.45) is 1.74. The quantitative estimate of drug-likeness (QED) is 0.500. The van der Waals surface area contributed by atoms with Gasteiger partial charge >= 0.3 is 0 Å². The molecule has 1 aromatic heterocycles. The highest BCUT2D eigenvalue weighted by Crippen LogP contribution is 2.14. The molecule has 8 nitrogen and oxygen atoms in total. The lowest BCUT2D eigenvalue weighted by molar-refractivity contribution is 0.384. The summed E-state index contributed by atoms with van der Waals surface area (Å²) in [5.41, 5.74) is 0.901. The first kappa shape index (κ1) is 22.0. The van der Waals surface area contributed by atoms with E-state index < -0.39 is 10.0 Å². The van der Waals surface area contributed by atoms with Gasteiger partial charge in [-0.25, -0.2) is 17.8 Å². The zero-order chi connectivity index (χ0) is 21.4. The van der Waals surface area contributed by atoms with Gasteiger partial charge in [0.05, 0.1) is 5.75 Å². The molecule has 30 heavy (non-hydrogen) atoms. The largest absolute Gasteiger partial charge is 0.355 e. The number of piperazine rings is 1. The van der Waals surface area contributed by atoms with E-state index in [9.17, 15) is 12.8 Å². The summed E-state index contributed by atoms with van der Waals surface area (Å²) in [6.45, 7) is 2.82. The van der Waals surface area contributed by atoms with E-state index in [4.69, 9.17) is 0 Å². The van der Waals surface area contributed by atoms with Crippen molar-refractivity contribution in [3.05, 3.63) is 60.0 Å². The molecule has 10 heteroatoms. The van der Waals surface area contributed by atoms with Crippen molar-refractivity contribution in [3.8, 4) is 0 Å². The number of nitrogens with one attached hydrogen (secondary N) is 2. The molecule has 1 fully saturated rings. The topological polar surface area (TPSA) is 89.9 Å². The maximum absolute atomic E-state index is 13.0. The molecule has 0 amide bonds. The first-order valence-corrected chi connectivity index (χ1v) is 11.4. The Morgan fingerprint density at radius 1 is 1.10 bits per heavy atom. The van der Waals surface area contributed by atoms with Gasteiger partial charge in [-0.05, 0) is 29.8 Å². The number of guanidine groups is 1. The maximum Gasteiger partial charge on any atom is 0.215 e. The van der Waals surface area contributed by atoms with Gasteiger partial charge in [-0.1, -0.05) is 18.2 Å². The monoisotopic (exact) mass is 434 g/mol. The van der Waals surface area contributed by atoms with Crippen molar-refractivity contribution in [1.29, 1.82) is 0 Å².